The van der Waals surface area contributed by atoms with E-state index in [9.17, 15) is 5.11 Å². The number of ether oxygens (including phenoxy) is 1. The SMILES string of the molecule is Cc1c(CN2C[C@@H]3[C@H](CO)[C@H]4CC[C@]3(C2)O4)[nH]c2ccc(Cl)cc12. The number of hydrogen-bond donors (Lipinski definition) is 2. The number of nitrogens with one attached hydrogen (secondary N) is 1. The lowest BCUT2D eigenvalue weighted by Crippen LogP contribution is -2.37. The van der Waals surface area contributed by atoms with Gasteiger partial charge >= 0.3 is 0 Å². The first kappa shape index (κ1) is 15.2. The summed E-state index contributed by atoms with van der Waals surface area (Å²) in [6.45, 7) is 5.34. The normalized spacial score (nSPS) is 35.2. The number of rotatable bonds is 3. The van der Waals surface area contributed by atoms with Crippen molar-refractivity contribution in [2.75, 3.05) is 19.7 Å². The average Bonchev–Trinajstić information content (AvgIpc) is 3.27. The van der Waals surface area contributed by atoms with Gasteiger partial charge in [-0.2, -0.15) is 0 Å². The maximum atomic E-state index is 9.76. The molecule has 128 valence electrons. The van der Waals surface area contributed by atoms with Crippen LogP contribution in [0.4, 0.5) is 0 Å². The molecule has 5 heteroatoms. The first-order valence-electron chi connectivity index (χ1n) is 8.87. The van der Waals surface area contributed by atoms with Crippen molar-refractivity contribution in [3.63, 3.8) is 0 Å². The third-order valence-electron chi connectivity index (χ3n) is 6.57. The van der Waals surface area contributed by atoms with Gasteiger partial charge in [-0.1, -0.05) is 11.6 Å². The molecule has 3 fully saturated rings. The van der Waals surface area contributed by atoms with Gasteiger partial charge < -0.3 is 14.8 Å². The second-order valence-electron chi connectivity index (χ2n) is 7.80. The van der Waals surface area contributed by atoms with Crippen LogP contribution in [0.2, 0.25) is 5.02 Å². The number of aromatic nitrogens is 1. The predicted octanol–water partition coefficient (Wildman–Crippen LogP) is 3.10. The Morgan fingerprint density at radius 2 is 2.33 bits per heavy atom. The van der Waals surface area contributed by atoms with Crippen LogP contribution in [-0.2, 0) is 11.3 Å². The molecule has 2 aromatic rings. The Balaban J connectivity index is 1.41. The third-order valence-corrected chi connectivity index (χ3v) is 6.81. The zero-order chi connectivity index (χ0) is 16.5. The molecule has 0 saturated carbocycles. The molecule has 1 aromatic heterocycles. The fraction of sp³-hybridized carbons (Fsp3) is 0.579. The second-order valence-corrected chi connectivity index (χ2v) is 8.24. The van der Waals surface area contributed by atoms with Gasteiger partial charge in [0.2, 0.25) is 0 Å². The molecular weight excluding hydrogens is 324 g/mol. The van der Waals surface area contributed by atoms with Gasteiger partial charge in [0.05, 0.1) is 11.7 Å². The molecule has 0 aliphatic carbocycles. The molecule has 4 atom stereocenters. The number of nitrogens with zero attached hydrogens (tertiary/aromatic N) is 1. The maximum Gasteiger partial charge on any atom is 0.0858 e. The highest BCUT2D eigenvalue weighted by molar-refractivity contribution is 6.31. The summed E-state index contributed by atoms with van der Waals surface area (Å²) < 4.78 is 6.33. The van der Waals surface area contributed by atoms with E-state index in [0.29, 0.717) is 17.9 Å². The first-order chi connectivity index (χ1) is 11.6. The van der Waals surface area contributed by atoms with Gasteiger partial charge in [0.15, 0.2) is 0 Å². The summed E-state index contributed by atoms with van der Waals surface area (Å²) in [6.07, 6.45) is 2.55. The van der Waals surface area contributed by atoms with Crippen LogP contribution in [0.25, 0.3) is 10.9 Å². The summed E-state index contributed by atoms with van der Waals surface area (Å²) in [5, 5.41) is 11.7. The van der Waals surface area contributed by atoms with Crippen LogP contribution in [0.3, 0.4) is 0 Å². The summed E-state index contributed by atoms with van der Waals surface area (Å²) in [5.41, 5.74) is 3.70. The molecule has 24 heavy (non-hydrogen) atoms. The van der Waals surface area contributed by atoms with Crippen LogP contribution in [0, 0.1) is 18.8 Å². The molecule has 0 radical (unpaired) electrons. The van der Waals surface area contributed by atoms with E-state index in [-0.39, 0.29) is 12.2 Å². The van der Waals surface area contributed by atoms with Gasteiger partial charge in [-0.15, -0.1) is 0 Å². The Labute approximate surface area is 146 Å². The topological polar surface area (TPSA) is 48.5 Å². The van der Waals surface area contributed by atoms with Crippen molar-refractivity contribution in [2.45, 2.75) is 38.0 Å². The number of likely N-dealkylation sites (tertiary alicyclic amines) is 1. The Kier molecular flexibility index (Phi) is 3.30. The molecule has 2 N–H and O–H groups in total. The average molecular weight is 347 g/mol. The number of halogens is 1. The minimum Gasteiger partial charge on any atom is -0.396 e. The number of fused-ring (bicyclic) bond motifs is 2. The van der Waals surface area contributed by atoms with E-state index in [1.165, 1.54) is 16.6 Å². The van der Waals surface area contributed by atoms with E-state index in [4.69, 9.17) is 16.3 Å². The van der Waals surface area contributed by atoms with Crippen molar-refractivity contribution < 1.29 is 9.84 Å². The summed E-state index contributed by atoms with van der Waals surface area (Å²) in [5.74, 6) is 0.812. The maximum absolute atomic E-state index is 9.76. The van der Waals surface area contributed by atoms with Crippen molar-refractivity contribution in [2.24, 2.45) is 11.8 Å². The highest BCUT2D eigenvalue weighted by Gasteiger charge is 2.62. The van der Waals surface area contributed by atoms with Crippen molar-refractivity contribution >= 4 is 22.5 Å². The Morgan fingerprint density at radius 1 is 1.46 bits per heavy atom. The smallest absolute Gasteiger partial charge is 0.0858 e. The van der Waals surface area contributed by atoms with E-state index in [2.05, 4.69) is 22.9 Å². The van der Waals surface area contributed by atoms with Crippen molar-refractivity contribution in [1.82, 2.24) is 9.88 Å². The van der Waals surface area contributed by atoms with Gasteiger partial charge in [-0.05, 0) is 43.5 Å². The van der Waals surface area contributed by atoms with Crippen molar-refractivity contribution in [3.05, 3.63) is 34.5 Å². The van der Waals surface area contributed by atoms with E-state index >= 15 is 0 Å². The molecule has 4 heterocycles. The Morgan fingerprint density at radius 3 is 3.17 bits per heavy atom. The minimum atomic E-state index is 0.00128. The number of aromatic amines is 1. The van der Waals surface area contributed by atoms with Gasteiger partial charge in [-0.25, -0.2) is 0 Å². The number of aryl methyl sites for hydroxylation is 1. The molecule has 3 saturated heterocycles. The van der Waals surface area contributed by atoms with E-state index in [1.807, 2.05) is 12.1 Å². The fourth-order valence-corrected chi connectivity index (χ4v) is 5.56. The second kappa shape index (κ2) is 5.21. The molecule has 3 aliphatic heterocycles. The predicted molar refractivity (Wildman–Crippen MR) is 94.2 cm³/mol. The van der Waals surface area contributed by atoms with Gasteiger partial charge in [0.1, 0.15) is 0 Å². The molecule has 1 aromatic carbocycles. The van der Waals surface area contributed by atoms with Crippen molar-refractivity contribution in [3.8, 4) is 0 Å². The summed E-state index contributed by atoms with van der Waals surface area (Å²) in [6, 6.07) is 6.02. The molecule has 2 bridgehead atoms. The van der Waals surface area contributed by atoms with Crippen LogP contribution in [-0.4, -0.2) is 46.4 Å². The molecule has 5 rings (SSSR count). The van der Waals surface area contributed by atoms with Gasteiger partial charge in [-0.3, -0.25) is 4.90 Å². The summed E-state index contributed by atoms with van der Waals surface area (Å²) in [4.78, 5) is 6.05. The molecule has 3 aliphatic rings. The number of benzene rings is 1. The van der Waals surface area contributed by atoms with Crippen LogP contribution in [0.15, 0.2) is 18.2 Å². The van der Waals surface area contributed by atoms with E-state index in [0.717, 1.165) is 43.0 Å². The molecular formula is C19H23ClN2O2. The number of aliphatic hydroxyl groups is 1. The zero-order valence-corrected chi connectivity index (χ0v) is 14.6. The number of H-pyrrole nitrogens is 1. The Bertz CT molecular complexity index is 804. The Hall–Kier alpha value is -1.07. The van der Waals surface area contributed by atoms with Crippen molar-refractivity contribution in [1.29, 1.82) is 0 Å². The van der Waals surface area contributed by atoms with Crippen LogP contribution < -0.4 is 0 Å². The monoisotopic (exact) mass is 346 g/mol. The minimum absolute atomic E-state index is 0.00128. The molecule has 4 nitrogen and oxygen atoms in total. The highest BCUT2D eigenvalue weighted by atomic mass is 35.5. The molecule has 0 unspecified atom stereocenters. The van der Waals surface area contributed by atoms with E-state index in [1.54, 1.807) is 0 Å². The number of hydrogen-bond acceptors (Lipinski definition) is 3. The lowest BCUT2D eigenvalue weighted by Gasteiger charge is -2.28. The summed E-state index contributed by atoms with van der Waals surface area (Å²) >= 11 is 6.14. The van der Waals surface area contributed by atoms with E-state index < -0.39 is 0 Å². The van der Waals surface area contributed by atoms with Crippen LogP contribution in [0.5, 0.6) is 0 Å². The zero-order valence-electron chi connectivity index (χ0n) is 13.9. The molecule has 1 spiro atoms. The van der Waals surface area contributed by atoms with Crippen LogP contribution in [0.1, 0.15) is 24.1 Å². The fourth-order valence-electron chi connectivity index (χ4n) is 5.39. The lowest BCUT2D eigenvalue weighted by atomic mass is 9.74. The van der Waals surface area contributed by atoms with Crippen LogP contribution >= 0.6 is 11.6 Å². The number of aliphatic hydroxyl groups excluding tert-OH is 1. The quantitative estimate of drug-likeness (QED) is 0.897. The lowest BCUT2D eigenvalue weighted by molar-refractivity contribution is 0.000293. The standard InChI is InChI=1S/C19H23ClN2O2/c1-11-13-6-12(20)2-3-16(13)21-17(11)8-22-7-15-14(9-23)18-4-5-19(15,10-22)24-18/h2-3,6,14-15,18,21,23H,4-5,7-10H2,1H3/t14-,15+,18+,19+/m0/s1. The summed E-state index contributed by atoms with van der Waals surface area (Å²) in [7, 11) is 0. The third kappa shape index (κ3) is 2.03. The first-order valence-corrected chi connectivity index (χ1v) is 9.25. The molecule has 0 amide bonds. The largest absolute Gasteiger partial charge is 0.396 e. The van der Waals surface area contributed by atoms with Gasteiger partial charge in [0, 0.05) is 59.7 Å². The van der Waals surface area contributed by atoms with Gasteiger partial charge in [0.25, 0.3) is 0 Å². The highest BCUT2D eigenvalue weighted by Crippen LogP contribution is 2.54.